The molecule has 20 heavy (non-hydrogen) atoms. The van der Waals surface area contributed by atoms with Gasteiger partial charge in [-0.05, 0) is 12.1 Å². The molecule has 0 saturated heterocycles. The summed E-state index contributed by atoms with van der Waals surface area (Å²) in [6.07, 6.45) is 1.37. The highest BCUT2D eigenvalue weighted by atomic mass is 35.5. The number of hydrogen-bond acceptors (Lipinski definition) is 5. The Labute approximate surface area is 132 Å². The maximum Gasteiger partial charge on any atom is 0.172 e. The first-order valence-corrected chi connectivity index (χ1v) is 7.29. The van der Waals surface area contributed by atoms with E-state index < -0.39 is 0 Å². The van der Waals surface area contributed by atoms with Gasteiger partial charge in [0.1, 0.15) is 6.33 Å². The number of halogens is 3. The van der Waals surface area contributed by atoms with Crippen molar-refractivity contribution in [2.24, 2.45) is 0 Å². The molecule has 3 N–H and O–H groups in total. The Morgan fingerprint density at radius 1 is 1.10 bits per heavy atom. The first-order chi connectivity index (χ1) is 9.56. The maximum absolute atomic E-state index is 6.15. The average molecular weight is 347 g/mol. The predicted octanol–water partition coefficient (Wildman–Crippen LogP) is 4.05. The Hall–Kier alpha value is -1.21. The number of nitrogen functional groups attached to an aromatic ring is 1. The largest absolute Gasteiger partial charge is 0.382 e. The number of aromatic amines is 1. The fraction of sp³-hybridized carbons (Fsp3) is 0. The number of nitrogens with two attached hydrogens (primary N) is 1. The summed E-state index contributed by atoms with van der Waals surface area (Å²) < 4.78 is 0. The molecule has 3 rings (SSSR count). The highest BCUT2D eigenvalue weighted by molar-refractivity contribution is 7.99. The van der Waals surface area contributed by atoms with E-state index in [2.05, 4.69) is 19.9 Å². The summed E-state index contributed by atoms with van der Waals surface area (Å²) in [5.74, 6) is 0.318. The van der Waals surface area contributed by atoms with Gasteiger partial charge in [-0.3, -0.25) is 0 Å². The van der Waals surface area contributed by atoms with Crippen molar-refractivity contribution in [3.05, 3.63) is 33.5 Å². The molecule has 3 aromatic rings. The quantitative estimate of drug-likeness (QED) is 0.684. The second-order valence-corrected chi connectivity index (χ2v) is 5.97. The van der Waals surface area contributed by atoms with E-state index in [0.29, 0.717) is 37.2 Å². The molecule has 0 fully saturated rings. The van der Waals surface area contributed by atoms with Crippen LogP contribution in [0.1, 0.15) is 0 Å². The number of benzene rings is 1. The van der Waals surface area contributed by atoms with Crippen LogP contribution in [0.25, 0.3) is 11.2 Å². The van der Waals surface area contributed by atoms with Gasteiger partial charge in [0.05, 0.1) is 15.1 Å². The van der Waals surface area contributed by atoms with Gasteiger partial charge in [0, 0.05) is 4.90 Å². The van der Waals surface area contributed by atoms with Gasteiger partial charge in [-0.1, -0.05) is 46.6 Å². The van der Waals surface area contributed by atoms with E-state index >= 15 is 0 Å². The van der Waals surface area contributed by atoms with E-state index in [-0.39, 0.29) is 0 Å². The van der Waals surface area contributed by atoms with Gasteiger partial charge in [-0.25, -0.2) is 15.0 Å². The Morgan fingerprint density at radius 2 is 1.90 bits per heavy atom. The van der Waals surface area contributed by atoms with Crippen LogP contribution >= 0.6 is 46.6 Å². The number of H-pyrrole nitrogens is 1. The van der Waals surface area contributed by atoms with E-state index in [9.17, 15) is 0 Å². The van der Waals surface area contributed by atoms with Gasteiger partial charge < -0.3 is 10.7 Å². The van der Waals surface area contributed by atoms with Crippen LogP contribution in [0.15, 0.2) is 28.5 Å². The van der Waals surface area contributed by atoms with Crippen molar-refractivity contribution < 1.29 is 0 Å². The third-order valence-electron chi connectivity index (χ3n) is 2.50. The van der Waals surface area contributed by atoms with Crippen molar-refractivity contribution in [1.82, 2.24) is 19.9 Å². The fourth-order valence-electron chi connectivity index (χ4n) is 1.56. The van der Waals surface area contributed by atoms with Crippen molar-refractivity contribution in [3.63, 3.8) is 0 Å². The zero-order valence-electron chi connectivity index (χ0n) is 9.69. The molecule has 1 aromatic carbocycles. The summed E-state index contributed by atoms with van der Waals surface area (Å²) in [6, 6.07) is 3.44. The third-order valence-corrected chi connectivity index (χ3v) is 4.85. The summed E-state index contributed by atoms with van der Waals surface area (Å²) in [5.41, 5.74) is 6.81. The van der Waals surface area contributed by atoms with Crippen molar-refractivity contribution >= 4 is 63.5 Å². The first-order valence-electron chi connectivity index (χ1n) is 5.34. The van der Waals surface area contributed by atoms with Crippen LogP contribution in [-0.4, -0.2) is 19.9 Å². The second kappa shape index (κ2) is 5.29. The lowest BCUT2D eigenvalue weighted by molar-refractivity contribution is 1.07. The summed E-state index contributed by atoms with van der Waals surface area (Å²) in [6.45, 7) is 0. The minimum Gasteiger partial charge on any atom is -0.382 e. The monoisotopic (exact) mass is 345 g/mol. The van der Waals surface area contributed by atoms with Gasteiger partial charge in [-0.2, -0.15) is 0 Å². The number of nitrogens with one attached hydrogen (secondary N) is 1. The molecule has 0 aliphatic carbocycles. The molecule has 0 aliphatic heterocycles. The molecule has 5 nitrogen and oxygen atoms in total. The Bertz CT molecular complexity index is 804. The summed E-state index contributed by atoms with van der Waals surface area (Å²) in [4.78, 5) is 16.0. The Morgan fingerprint density at radius 3 is 2.65 bits per heavy atom. The van der Waals surface area contributed by atoms with E-state index in [1.54, 1.807) is 12.1 Å². The number of anilines is 1. The first kappa shape index (κ1) is 13.8. The number of aromatic nitrogens is 4. The molecule has 0 saturated carbocycles. The maximum atomic E-state index is 6.15. The lowest BCUT2D eigenvalue weighted by Gasteiger charge is -2.04. The van der Waals surface area contributed by atoms with Crippen molar-refractivity contribution in [2.75, 3.05) is 5.73 Å². The molecular weight excluding hydrogens is 341 g/mol. The number of imidazole rings is 1. The van der Waals surface area contributed by atoms with Crippen molar-refractivity contribution in [1.29, 1.82) is 0 Å². The molecule has 2 aromatic heterocycles. The number of rotatable bonds is 2. The minimum absolute atomic E-state index is 0.314. The van der Waals surface area contributed by atoms with E-state index in [1.807, 2.05) is 0 Å². The molecule has 0 spiro atoms. The Balaban J connectivity index is 2.01. The topological polar surface area (TPSA) is 80.5 Å². The van der Waals surface area contributed by atoms with E-state index in [0.717, 1.165) is 4.90 Å². The lowest BCUT2D eigenvalue weighted by atomic mass is 10.4. The smallest absolute Gasteiger partial charge is 0.172 e. The van der Waals surface area contributed by atoms with Gasteiger partial charge >= 0.3 is 0 Å². The summed E-state index contributed by atoms with van der Waals surface area (Å²) in [7, 11) is 0. The SMILES string of the molecule is Nc1ncnc2[nH]c(Sc3ccc(Cl)c(Cl)c3Cl)nc12. The minimum atomic E-state index is 0.314. The van der Waals surface area contributed by atoms with Crippen LogP contribution < -0.4 is 5.73 Å². The molecular formula is C11H6Cl3N5S. The van der Waals surface area contributed by atoms with E-state index in [4.69, 9.17) is 40.5 Å². The van der Waals surface area contributed by atoms with Crippen LogP contribution in [0.4, 0.5) is 5.82 Å². The molecule has 0 bridgehead atoms. The Kier molecular flexibility index (Phi) is 3.64. The fourth-order valence-corrected chi connectivity index (χ4v) is 3.09. The zero-order chi connectivity index (χ0) is 14.3. The van der Waals surface area contributed by atoms with Crippen LogP contribution in [0, 0.1) is 0 Å². The third kappa shape index (κ3) is 2.40. The average Bonchev–Trinajstić information content (AvgIpc) is 2.84. The molecule has 0 amide bonds. The molecule has 0 unspecified atom stereocenters. The zero-order valence-corrected chi connectivity index (χ0v) is 12.8. The highest BCUT2D eigenvalue weighted by Gasteiger charge is 2.13. The van der Waals surface area contributed by atoms with Gasteiger partial charge in [0.15, 0.2) is 22.1 Å². The number of hydrogen-bond donors (Lipinski definition) is 2. The standard InChI is InChI=1S/C11H6Cl3N5S/c12-4-1-2-5(7(14)6(4)13)20-11-18-8-9(15)16-3-17-10(8)19-11/h1-3H,(H3,15,16,17,18,19). The van der Waals surface area contributed by atoms with Crippen molar-refractivity contribution in [3.8, 4) is 0 Å². The normalized spacial score (nSPS) is 11.2. The lowest BCUT2D eigenvalue weighted by Crippen LogP contribution is -1.91. The van der Waals surface area contributed by atoms with Crippen LogP contribution in [0.2, 0.25) is 15.1 Å². The summed E-state index contributed by atoms with van der Waals surface area (Å²) in [5, 5.41) is 1.69. The van der Waals surface area contributed by atoms with Crippen LogP contribution in [0.3, 0.4) is 0 Å². The van der Waals surface area contributed by atoms with Gasteiger partial charge in [0.25, 0.3) is 0 Å². The van der Waals surface area contributed by atoms with Crippen molar-refractivity contribution in [2.45, 2.75) is 10.1 Å². The van der Waals surface area contributed by atoms with Crippen LogP contribution in [0.5, 0.6) is 0 Å². The van der Waals surface area contributed by atoms with Gasteiger partial charge in [0.2, 0.25) is 0 Å². The molecule has 9 heteroatoms. The second-order valence-electron chi connectivity index (χ2n) is 3.77. The van der Waals surface area contributed by atoms with Crippen LogP contribution in [-0.2, 0) is 0 Å². The molecule has 0 radical (unpaired) electrons. The number of fused-ring (bicyclic) bond motifs is 1. The highest BCUT2D eigenvalue weighted by Crippen LogP contribution is 2.39. The van der Waals surface area contributed by atoms with E-state index in [1.165, 1.54) is 18.1 Å². The molecule has 2 heterocycles. The van der Waals surface area contributed by atoms with Gasteiger partial charge in [-0.15, -0.1) is 0 Å². The molecule has 102 valence electrons. The predicted molar refractivity (Wildman–Crippen MR) is 81.7 cm³/mol. The summed E-state index contributed by atoms with van der Waals surface area (Å²) >= 11 is 19.3. The molecule has 0 atom stereocenters. The number of nitrogens with zero attached hydrogens (tertiary/aromatic N) is 3. The molecule has 0 aliphatic rings.